The molecule has 0 atom stereocenters. The molecule has 9 aromatic carbocycles. The summed E-state index contributed by atoms with van der Waals surface area (Å²) in [7, 11) is 0. The number of rotatable bonds is 7. The number of hydrogen-bond acceptors (Lipinski definition) is 4. The predicted octanol–water partition coefficient (Wildman–Crippen LogP) is 15.9. The molecule has 0 N–H and O–H groups in total. The first-order valence-electron chi connectivity index (χ1n) is 20.9. The highest BCUT2D eigenvalue weighted by Gasteiger charge is 2.17. The van der Waals surface area contributed by atoms with Crippen LogP contribution in [0.15, 0.2) is 227 Å². The van der Waals surface area contributed by atoms with Gasteiger partial charge in [0.2, 0.25) is 0 Å². The quantitative estimate of drug-likeness (QED) is 0.161. The number of aromatic nitrogens is 2. The molecule has 12 aromatic rings. The molecule has 0 bridgehead atoms. The molecule has 3 heterocycles. The Labute approximate surface area is 358 Å². The number of para-hydroxylation sites is 2. The largest absolute Gasteiger partial charge is 0.456 e. The van der Waals surface area contributed by atoms with E-state index in [1.165, 1.54) is 11.1 Å². The van der Waals surface area contributed by atoms with E-state index < -0.39 is 0 Å². The van der Waals surface area contributed by atoms with Gasteiger partial charge in [0.15, 0.2) is 5.82 Å². The molecule has 0 unspecified atom stereocenters. The minimum atomic E-state index is 0.661. The van der Waals surface area contributed by atoms with Crippen LogP contribution in [0.2, 0.25) is 0 Å². The number of benzene rings is 9. The Hall–Kier alpha value is -8.34. The average molecular weight is 793 g/mol. The lowest BCUT2D eigenvalue weighted by Crippen LogP contribution is -1.97. The summed E-state index contributed by atoms with van der Waals surface area (Å²) in [5.41, 5.74) is 17.1. The second-order valence-electron chi connectivity index (χ2n) is 15.8. The van der Waals surface area contributed by atoms with E-state index in [0.717, 1.165) is 105 Å². The Morgan fingerprint density at radius 3 is 1.11 bits per heavy atom. The van der Waals surface area contributed by atoms with Crippen molar-refractivity contribution in [3.05, 3.63) is 218 Å². The average Bonchev–Trinajstić information content (AvgIpc) is 3.92. The van der Waals surface area contributed by atoms with E-state index >= 15 is 0 Å². The number of furan rings is 2. The zero-order chi connectivity index (χ0) is 41.0. The molecule has 0 amide bonds. The van der Waals surface area contributed by atoms with Crippen molar-refractivity contribution in [3.8, 4) is 78.4 Å². The van der Waals surface area contributed by atoms with Crippen molar-refractivity contribution >= 4 is 43.9 Å². The van der Waals surface area contributed by atoms with Crippen LogP contribution in [0.25, 0.3) is 122 Å². The second-order valence-corrected chi connectivity index (χ2v) is 15.8. The Balaban J connectivity index is 1.05. The smallest absolute Gasteiger partial charge is 0.160 e. The Kier molecular flexibility index (Phi) is 8.46. The highest BCUT2D eigenvalue weighted by molar-refractivity contribution is 6.07. The normalized spacial score (nSPS) is 11.5. The van der Waals surface area contributed by atoms with Crippen molar-refractivity contribution in [2.75, 3.05) is 0 Å². The van der Waals surface area contributed by atoms with Crippen LogP contribution in [0, 0.1) is 0 Å². The first-order chi connectivity index (χ1) is 30.7. The Morgan fingerprint density at radius 1 is 0.226 bits per heavy atom. The highest BCUT2D eigenvalue weighted by Crippen LogP contribution is 2.39. The molecule has 0 fully saturated rings. The lowest BCUT2D eigenvalue weighted by Gasteiger charge is -2.14. The molecule has 0 spiro atoms. The summed E-state index contributed by atoms with van der Waals surface area (Å²) >= 11 is 0. The second kappa shape index (κ2) is 14.7. The monoisotopic (exact) mass is 792 g/mol. The van der Waals surface area contributed by atoms with Crippen molar-refractivity contribution in [2.24, 2.45) is 0 Å². The van der Waals surface area contributed by atoms with Gasteiger partial charge in [0.05, 0.1) is 11.4 Å². The molecule has 0 saturated heterocycles. The van der Waals surface area contributed by atoms with Crippen LogP contribution < -0.4 is 0 Å². The molecular formula is C58H36N2O2. The van der Waals surface area contributed by atoms with Crippen LogP contribution in [0.4, 0.5) is 0 Å². The third-order valence-corrected chi connectivity index (χ3v) is 11.9. The van der Waals surface area contributed by atoms with Gasteiger partial charge in [-0.3, -0.25) is 0 Å². The van der Waals surface area contributed by atoms with Gasteiger partial charge in [0, 0.05) is 38.2 Å². The van der Waals surface area contributed by atoms with E-state index in [1.54, 1.807) is 0 Å². The van der Waals surface area contributed by atoms with Gasteiger partial charge in [0.25, 0.3) is 0 Å². The van der Waals surface area contributed by atoms with Crippen LogP contribution in [0.5, 0.6) is 0 Å². The van der Waals surface area contributed by atoms with Gasteiger partial charge >= 0.3 is 0 Å². The van der Waals surface area contributed by atoms with Crippen molar-refractivity contribution in [3.63, 3.8) is 0 Å². The van der Waals surface area contributed by atoms with Gasteiger partial charge in [-0.25, -0.2) is 9.97 Å². The first-order valence-corrected chi connectivity index (χ1v) is 20.9. The molecular weight excluding hydrogens is 757 g/mol. The standard InChI is InChI=1S/C58H36N2O2/c1-3-11-37(12-4-1)39-19-23-41(24-20-39)52-36-53(60-58(59-52)42-25-21-40(22-26-42)38-13-5-2-6-14-38)47-32-45(43-27-29-56-50(34-43)48-15-7-9-17-54(48)61-56)31-46(33-47)44-28-30-57-51(35-44)49-16-8-10-18-55(49)62-57/h1-36H. The molecule has 0 saturated carbocycles. The lowest BCUT2D eigenvalue weighted by molar-refractivity contribution is 0.668. The third kappa shape index (κ3) is 6.42. The summed E-state index contributed by atoms with van der Waals surface area (Å²) in [5, 5.41) is 4.36. The zero-order valence-corrected chi connectivity index (χ0v) is 33.5. The molecule has 3 aromatic heterocycles. The van der Waals surface area contributed by atoms with E-state index in [1.807, 2.05) is 36.4 Å². The Bertz CT molecular complexity index is 3370. The molecule has 0 aliphatic heterocycles. The van der Waals surface area contributed by atoms with Crippen molar-refractivity contribution in [1.29, 1.82) is 0 Å². The summed E-state index contributed by atoms with van der Waals surface area (Å²) in [6, 6.07) is 76.5. The van der Waals surface area contributed by atoms with Crippen LogP contribution in [-0.4, -0.2) is 9.97 Å². The van der Waals surface area contributed by atoms with Crippen molar-refractivity contribution in [2.45, 2.75) is 0 Å². The van der Waals surface area contributed by atoms with Crippen LogP contribution >= 0.6 is 0 Å². The van der Waals surface area contributed by atoms with Gasteiger partial charge < -0.3 is 8.83 Å². The minimum absolute atomic E-state index is 0.661. The molecule has 4 nitrogen and oxygen atoms in total. The highest BCUT2D eigenvalue weighted by atomic mass is 16.3. The zero-order valence-electron chi connectivity index (χ0n) is 33.5. The van der Waals surface area contributed by atoms with Crippen molar-refractivity contribution in [1.82, 2.24) is 9.97 Å². The van der Waals surface area contributed by atoms with Gasteiger partial charge in [0.1, 0.15) is 22.3 Å². The number of fused-ring (bicyclic) bond motifs is 6. The molecule has 62 heavy (non-hydrogen) atoms. The molecule has 4 heteroatoms. The van der Waals surface area contributed by atoms with E-state index in [4.69, 9.17) is 18.8 Å². The number of nitrogens with zero attached hydrogens (tertiary/aromatic N) is 2. The fourth-order valence-electron chi connectivity index (χ4n) is 8.70. The van der Waals surface area contributed by atoms with Crippen LogP contribution in [0.1, 0.15) is 0 Å². The predicted molar refractivity (Wildman–Crippen MR) is 255 cm³/mol. The Morgan fingerprint density at radius 2 is 0.597 bits per heavy atom. The molecule has 0 radical (unpaired) electrons. The van der Waals surface area contributed by atoms with E-state index in [-0.39, 0.29) is 0 Å². The first kappa shape index (κ1) is 35.6. The molecule has 0 aliphatic carbocycles. The van der Waals surface area contributed by atoms with Crippen LogP contribution in [-0.2, 0) is 0 Å². The molecule has 12 rings (SSSR count). The summed E-state index contributed by atoms with van der Waals surface area (Å²) < 4.78 is 12.5. The third-order valence-electron chi connectivity index (χ3n) is 11.9. The maximum atomic E-state index is 6.25. The SMILES string of the molecule is c1ccc(-c2ccc(-c3cc(-c4cc(-c5ccc6oc7ccccc7c6c5)cc(-c5ccc6oc7ccccc7c6c5)c4)nc(-c4ccc(-c5ccccc5)cc4)n3)cc2)cc1. The number of hydrogen-bond donors (Lipinski definition) is 0. The van der Waals surface area contributed by atoms with E-state index in [2.05, 4.69) is 182 Å². The van der Waals surface area contributed by atoms with E-state index in [9.17, 15) is 0 Å². The van der Waals surface area contributed by atoms with Gasteiger partial charge in [-0.05, 0) is 105 Å². The summed E-state index contributed by atoms with van der Waals surface area (Å²) in [6.07, 6.45) is 0. The summed E-state index contributed by atoms with van der Waals surface area (Å²) in [6.45, 7) is 0. The van der Waals surface area contributed by atoms with Gasteiger partial charge in [-0.15, -0.1) is 0 Å². The maximum Gasteiger partial charge on any atom is 0.160 e. The summed E-state index contributed by atoms with van der Waals surface area (Å²) in [5.74, 6) is 0.661. The fraction of sp³-hybridized carbons (Fsp3) is 0. The van der Waals surface area contributed by atoms with E-state index in [0.29, 0.717) is 5.82 Å². The lowest BCUT2D eigenvalue weighted by atomic mass is 9.93. The van der Waals surface area contributed by atoms with Crippen molar-refractivity contribution < 1.29 is 8.83 Å². The molecule has 290 valence electrons. The van der Waals surface area contributed by atoms with Gasteiger partial charge in [-0.2, -0.15) is 0 Å². The van der Waals surface area contributed by atoms with Gasteiger partial charge in [-0.1, -0.05) is 158 Å². The minimum Gasteiger partial charge on any atom is -0.456 e. The van der Waals surface area contributed by atoms with Crippen LogP contribution in [0.3, 0.4) is 0 Å². The topological polar surface area (TPSA) is 52.1 Å². The maximum absolute atomic E-state index is 6.25. The molecule has 0 aliphatic rings. The fourth-order valence-corrected chi connectivity index (χ4v) is 8.70. The summed E-state index contributed by atoms with van der Waals surface area (Å²) in [4.78, 5) is 10.6.